The Morgan fingerprint density at radius 3 is 2.95 bits per heavy atom. The van der Waals surface area contributed by atoms with Crippen LogP contribution in [0.25, 0.3) is 0 Å². The van der Waals surface area contributed by atoms with Gasteiger partial charge in [0.1, 0.15) is 11.9 Å². The minimum atomic E-state index is -0.495. The van der Waals surface area contributed by atoms with E-state index in [1.54, 1.807) is 11.8 Å². The molecule has 0 aliphatic carbocycles. The second-order valence-corrected chi connectivity index (χ2v) is 6.79. The molecule has 0 amide bonds. The molecular weight excluding hydrogens is 336 g/mol. The van der Waals surface area contributed by atoms with Crippen molar-refractivity contribution in [2.45, 2.75) is 23.5 Å². The summed E-state index contributed by atoms with van der Waals surface area (Å²) >= 11 is 5.20. The number of ether oxygens (including phenoxy) is 1. The van der Waals surface area contributed by atoms with Gasteiger partial charge in [-0.15, -0.1) is 11.8 Å². The van der Waals surface area contributed by atoms with Crippen molar-refractivity contribution in [1.82, 2.24) is 0 Å². The molecule has 0 fully saturated rings. The summed E-state index contributed by atoms with van der Waals surface area (Å²) in [5.74, 6) is 1.66. The molecule has 1 heterocycles. The van der Waals surface area contributed by atoms with Crippen molar-refractivity contribution in [2.24, 2.45) is 0 Å². The smallest absolute Gasteiger partial charge is 0.134 e. The van der Waals surface area contributed by atoms with Crippen LogP contribution >= 0.6 is 27.7 Å². The maximum Gasteiger partial charge on any atom is 0.134 e. The van der Waals surface area contributed by atoms with E-state index >= 15 is 0 Å². The molecule has 4 heteroatoms. The van der Waals surface area contributed by atoms with Gasteiger partial charge in [-0.05, 0) is 29.8 Å². The monoisotopic (exact) mass is 350 g/mol. The molecule has 20 heavy (non-hydrogen) atoms. The Labute approximate surface area is 131 Å². The number of halogens is 1. The molecule has 0 spiro atoms. The van der Waals surface area contributed by atoms with Gasteiger partial charge in [0.25, 0.3) is 0 Å². The minimum Gasteiger partial charge on any atom is -0.486 e. The third-order valence-electron chi connectivity index (χ3n) is 3.29. The SMILES string of the molecule is OC(Cc1cccc(Br)c1)C1CSc2ccccc2O1. The zero-order valence-electron chi connectivity index (χ0n) is 10.8. The van der Waals surface area contributed by atoms with Crippen LogP contribution in [0.4, 0.5) is 0 Å². The van der Waals surface area contributed by atoms with Crippen LogP contribution in [-0.4, -0.2) is 23.1 Å². The van der Waals surface area contributed by atoms with Crippen LogP contribution < -0.4 is 4.74 Å². The normalized spacial score (nSPS) is 19.0. The van der Waals surface area contributed by atoms with E-state index < -0.39 is 6.10 Å². The summed E-state index contributed by atoms with van der Waals surface area (Å²) in [7, 11) is 0. The van der Waals surface area contributed by atoms with Crippen molar-refractivity contribution in [2.75, 3.05) is 5.75 Å². The fourth-order valence-electron chi connectivity index (χ4n) is 2.26. The molecule has 3 rings (SSSR count). The predicted molar refractivity (Wildman–Crippen MR) is 85.4 cm³/mol. The number of rotatable bonds is 3. The summed E-state index contributed by atoms with van der Waals surface area (Å²) in [4.78, 5) is 1.15. The van der Waals surface area contributed by atoms with Gasteiger partial charge in [-0.2, -0.15) is 0 Å². The molecule has 2 unspecified atom stereocenters. The molecule has 0 bridgehead atoms. The van der Waals surface area contributed by atoms with Crippen molar-refractivity contribution in [3.8, 4) is 5.75 Å². The van der Waals surface area contributed by atoms with E-state index in [1.807, 2.05) is 42.5 Å². The highest BCUT2D eigenvalue weighted by Gasteiger charge is 2.26. The molecule has 1 aliphatic rings. The largest absolute Gasteiger partial charge is 0.486 e. The molecule has 1 N–H and O–H groups in total. The van der Waals surface area contributed by atoms with Gasteiger partial charge in [-0.25, -0.2) is 0 Å². The van der Waals surface area contributed by atoms with Gasteiger partial charge >= 0.3 is 0 Å². The van der Waals surface area contributed by atoms with Gasteiger partial charge in [0.2, 0.25) is 0 Å². The van der Waals surface area contributed by atoms with Gasteiger partial charge in [0.15, 0.2) is 0 Å². The highest BCUT2D eigenvalue weighted by atomic mass is 79.9. The average molecular weight is 351 g/mol. The Morgan fingerprint density at radius 2 is 2.10 bits per heavy atom. The Balaban J connectivity index is 1.68. The maximum absolute atomic E-state index is 10.4. The summed E-state index contributed by atoms with van der Waals surface area (Å²) in [5, 5.41) is 10.4. The van der Waals surface area contributed by atoms with E-state index in [2.05, 4.69) is 22.0 Å². The number of benzene rings is 2. The lowest BCUT2D eigenvalue weighted by Gasteiger charge is -2.29. The highest BCUT2D eigenvalue weighted by molar-refractivity contribution is 9.10. The topological polar surface area (TPSA) is 29.5 Å². The number of para-hydroxylation sites is 1. The summed E-state index contributed by atoms with van der Waals surface area (Å²) < 4.78 is 6.95. The van der Waals surface area contributed by atoms with E-state index in [-0.39, 0.29) is 6.10 Å². The Morgan fingerprint density at radius 1 is 1.25 bits per heavy atom. The molecule has 0 saturated carbocycles. The quantitative estimate of drug-likeness (QED) is 0.909. The van der Waals surface area contributed by atoms with Crippen LogP contribution in [0.5, 0.6) is 5.75 Å². The zero-order valence-corrected chi connectivity index (χ0v) is 13.2. The third kappa shape index (κ3) is 3.19. The van der Waals surface area contributed by atoms with Gasteiger partial charge in [0, 0.05) is 21.5 Å². The van der Waals surface area contributed by atoms with E-state index in [1.165, 1.54) is 0 Å². The van der Waals surface area contributed by atoms with Gasteiger partial charge in [-0.3, -0.25) is 0 Å². The van der Waals surface area contributed by atoms with Crippen molar-refractivity contribution >= 4 is 27.7 Å². The molecule has 2 aromatic rings. The third-order valence-corrected chi connectivity index (χ3v) is 4.93. The first-order valence-electron chi connectivity index (χ1n) is 6.53. The molecule has 0 radical (unpaired) electrons. The fraction of sp³-hybridized carbons (Fsp3) is 0.250. The van der Waals surface area contributed by atoms with Crippen LogP contribution in [0, 0.1) is 0 Å². The van der Waals surface area contributed by atoms with Crippen LogP contribution in [-0.2, 0) is 6.42 Å². The zero-order chi connectivity index (χ0) is 13.9. The molecule has 1 aliphatic heterocycles. The van der Waals surface area contributed by atoms with E-state index in [0.29, 0.717) is 6.42 Å². The lowest BCUT2D eigenvalue weighted by Crippen LogP contribution is -2.37. The van der Waals surface area contributed by atoms with Gasteiger partial charge < -0.3 is 9.84 Å². The summed E-state index contributed by atoms with van der Waals surface area (Å²) in [6, 6.07) is 16.0. The van der Waals surface area contributed by atoms with Gasteiger partial charge in [0.05, 0.1) is 6.10 Å². The fourth-order valence-corrected chi connectivity index (χ4v) is 3.78. The number of hydrogen-bond acceptors (Lipinski definition) is 3. The second kappa shape index (κ2) is 6.20. The maximum atomic E-state index is 10.4. The molecule has 104 valence electrons. The van der Waals surface area contributed by atoms with Crippen LogP contribution in [0.3, 0.4) is 0 Å². The number of aliphatic hydroxyl groups excluding tert-OH is 1. The number of thioether (sulfide) groups is 1. The molecule has 0 aromatic heterocycles. The van der Waals surface area contributed by atoms with Crippen molar-refractivity contribution in [1.29, 1.82) is 0 Å². The average Bonchev–Trinajstić information content (AvgIpc) is 2.47. The summed E-state index contributed by atoms with van der Waals surface area (Å²) in [6.07, 6.45) is -0.0497. The molecule has 2 nitrogen and oxygen atoms in total. The standard InChI is InChI=1S/C16H15BrO2S/c17-12-5-3-4-11(8-12)9-13(18)15-10-20-16-7-2-1-6-14(16)19-15/h1-8,13,15,18H,9-10H2. The van der Waals surface area contributed by atoms with Crippen molar-refractivity contribution in [3.63, 3.8) is 0 Å². The Kier molecular flexibility index (Phi) is 4.34. The molecule has 2 aromatic carbocycles. The molecular formula is C16H15BrO2S. The van der Waals surface area contributed by atoms with Crippen LogP contribution in [0.1, 0.15) is 5.56 Å². The number of aliphatic hydroxyl groups is 1. The van der Waals surface area contributed by atoms with E-state index in [4.69, 9.17) is 4.74 Å². The van der Waals surface area contributed by atoms with E-state index in [9.17, 15) is 5.11 Å². The lowest BCUT2D eigenvalue weighted by molar-refractivity contribution is 0.0468. The van der Waals surface area contributed by atoms with Crippen molar-refractivity contribution < 1.29 is 9.84 Å². The van der Waals surface area contributed by atoms with E-state index in [0.717, 1.165) is 26.4 Å². The first kappa shape index (κ1) is 14.0. The summed E-state index contributed by atoms with van der Waals surface area (Å²) in [5.41, 5.74) is 1.11. The first-order valence-corrected chi connectivity index (χ1v) is 8.31. The van der Waals surface area contributed by atoms with Crippen molar-refractivity contribution in [3.05, 3.63) is 58.6 Å². The Bertz CT molecular complexity index is 603. The highest BCUT2D eigenvalue weighted by Crippen LogP contribution is 2.36. The minimum absolute atomic E-state index is 0.158. The van der Waals surface area contributed by atoms with Crippen LogP contribution in [0.2, 0.25) is 0 Å². The Hall–Kier alpha value is -0.970. The second-order valence-electron chi connectivity index (χ2n) is 4.82. The molecule has 2 atom stereocenters. The summed E-state index contributed by atoms with van der Waals surface area (Å²) in [6.45, 7) is 0. The predicted octanol–water partition coefficient (Wildman–Crippen LogP) is 3.91. The lowest BCUT2D eigenvalue weighted by atomic mass is 10.0. The number of fused-ring (bicyclic) bond motifs is 1. The van der Waals surface area contributed by atoms with Crippen LogP contribution in [0.15, 0.2) is 57.9 Å². The van der Waals surface area contributed by atoms with Gasteiger partial charge in [-0.1, -0.05) is 40.2 Å². The molecule has 0 saturated heterocycles. The first-order chi connectivity index (χ1) is 9.72. The number of hydrogen-bond donors (Lipinski definition) is 1.